The molecule has 1 aromatic carbocycles. The standard InChI is InChI=1S/C22H31N5O/c1-3-23-22(24-12-17-10-11-27(14-17)20-8-9-20)25-13-19-15-28-21(26-19)18-6-4-16(2)5-7-18/h4-7,15,17,20H,3,8-14H2,1-2H3,(H2,23,24,25). The zero-order chi connectivity index (χ0) is 19.3. The molecule has 6 heteroatoms. The molecule has 0 spiro atoms. The summed E-state index contributed by atoms with van der Waals surface area (Å²) in [6, 6.07) is 9.08. The van der Waals surface area contributed by atoms with E-state index in [1.807, 2.05) is 12.1 Å². The Bertz CT molecular complexity index is 794. The first-order valence-electron chi connectivity index (χ1n) is 10.5. The van der Waals surface area contributed by atoms with Crippen molar-refractivity contribution in [2.75, 3.05) is 26.2 Å². The van der Waals surface area contributed by atoms with Gasteiger partial charge in [-0.1, -0.05) is 17.7 Å². The van der Waals surface area contributed by atoms with Crippen LogP contribution >= 0.6 is 0 Å². The molecule has 1 saturated heterocycles. The van der Waals surface area contributed by atoms with Crippen molar-refractivity contribution in [1.29, 1.82) is 0 Å². The van der Waals surface area contributed by atoms with Gasteiger partial charge in [-0.05, 0) is 57.7 Å². The molecule has 0 bridgehead atoms. The largest absolute Gasteiger partial charge is 0.444 e. The fraction of sp³-hybridized carbons (Fsp3) is 0.545. The number of benzene rings is 1. The Morgan fingerprint density at radius 3 is 2.79 bits per heavy atom. The van der Waals surface area contributed by atoms with E-state index >= 15 is 0 Å². The average molecular weight is 382 g/mol. The summed E-state index contributed by atoms with van der Waals surface area (Å²) in [4.78, 5) is 11.9. The van der Waals surface area contributed by atoms with Crippen molar-refractivity contribution in [3.05, 3.63) is 41.8 Å². The molecule has 2 aromatic rings. The molecule has 1 atom stereocenters. The second kappa shape index (κ2) is 8.78. The van der Waals surface area contributed by atoms with Gasteiger partial charge in [-0.3, -0.25) is 0 Å². The molecule has 1 saturated carbocycles. The molecule has 4 rings (SSSR count). The second-order valence-corrected chi connectivity index (χ2v) is 7.97. The number of hydrogen-bond acceptors (Lipinski definition) is 4. The number of hydrogen-bond donors (Lipinski definition) is 2. The summed E-state index contributed by atoms with van der Waals surface area (Å²) in [6.45, 7) is 8.97. The number of aromatic nitrogens is 1. The van der Waals surface area contributed by atoms with Crippen LogP contribution in [0.4, 0.5) is 0 Å². The number of aryl methyl sites for hydroxylation is 1. The summed E-state index contributed by atoms with van der Waals surface area (Å²) in [5.74, 6) is 2.21. The first-order chi connectivity index (χ1) is 13.7. The van der Waals surface area contributed by atoms with Crippen molar-refractivity contribution in [3.63, 3.8) is 0 Å². The number of rotatable bonds is 7. The van der Waals surface area contributed by atoms with Crippen LogP contribution < -0.4 is 10.6 Å². The highest BCUT2D eigenvalue weighted by molar-refractivity contribution is 5.79. The minimum absolute atomic E-state index is 0.504. The third-order valence-electron chi connectivity index (χ3n) is 5.53. The van der Waals surface area contributed by atoms with Crippen LogP contribution in [0.5, 0.6) is 0 Å². The lowest BCUT2D eigenvalue weighted by Crippen LogP contribution is -2.40. The fourth-order valence-electron chi connectivity index (χ4n) is 3.75. The lowest BCUT2D eigenvalue weighted by Gasteiger charge is -2.16. The lowest BCUT2D eigenvalue weighted by atomic mass is 10.1. The first-order valence-corrected chi connectivity index (χ1v) is 10.5. The minimum Gasteiger partial charge on any atom is -0.444 e. The van der Waals surface area contributed by atoms with Gasteiger partial charge in [0.15, 0.2) is 5.96 Å². The molecule has 6 nitrogen and oxygen atoms in total. The Hall–Kier alpha value is -2.34. The summed E-state index contributed by atoms with van der Waals surface area (Å²) in [6.07, 6.45) is 5.78. The van der Waals surface area contributed by atoms with Crippen LogP contribution in [0, 0.1) is 12.8 Å². The van der Waals surface area contributed by atoms with Crippen LogP contribution in [0.15, 0.2) is 39.9 Å². The molecular weight excluding hydrogens is 350 g/mol. The number of nitrogens with one attached hydrogen (secondary N) is 2. The molecule has 2 heterocycles. The molecule has 1 aromatic heterocycles. The van der Waals surface area contributed by atoms with Crippen molar-refractivity contribution in [2.24, 2.45) is 10.9 Å². The SMILES string of the molecule is CCNC(=NCc1coc(-c2ccc(C)cc2)n1)NCC1CCN(C2CC2)C1. The number of likely N-dealkylation sites (tertiary alicyclic amines) is 1. The van der Waals surface area contributed by atoms with Crippen molar-refractivity contribution in [2.45, 2.75) is 45.7 Å². The van der Waals surface area contributed by atoms with Crippen molar-refractivity contribution in [1.82, 2.24) is 20.5 Å². The average Bonchev–Trinajstić information content (AvgIpc) is 3.26. The van der Waals surface area contributed by atoms with E-state index in [0.717, 1.165) is 36.3 Å². The van der Waals surface area contributed by atoms with Gasteiger partial charge in [0.25, 0.3) is 0 Å². The Morgan fingerprint density at radius 2 is 2.04 bits per heavy atom. The zero-order valence-corrected chi connectivity index (χ0v) is 16.9. The van der Waals surface area contributed by atoms with E-state index in [-0.39, 0.29) is 0 Å². The second-order valence-electron chi connectivity index (χ2n) is 7.97. The van der Waals surface area contributed by atoms with E-state index < -0.39 is 0 Å². The van der Waals surface area contributed by atoms with E-state index in [0.29, 0.717) is 18.4 Å². The maximum absolute atomic E-state index is 5.64. The molecule has 2 N–H and O–H groups in total. The summed E-state index contributed by atoms with van der Waals surface area (Å²) in [5.41, 5.74) is 3.06. The van der Waals surface area contributed by atoms with Crippen LogP contribution in [-0.4, -0.2) is 48.1 Å². The summed E-state index contributed by atoms with van der Waals surface area (Å²) in [7, 11) is 0. The number of guanidine groups is 1. The maximum atomic E-state index is 5.64. The molecular formula is C22H31N5O. The quantitative estimate of drug-likeness (QED) is 0.570. The van der Waals surface area contributed by atoms with E-state index in [4.69, 9.17) is 9.41 Å². The smallest absolute Gasteiger partial charge is 0.226 e. The third kappa shape index (κ3) is 4.93. The van der Waals surface area contributed by atoms with Crippen molar-refractivity contribution < 1.29 is 4.42 Å². The van der Waals surface area contributed by atoms with Crippen molar-refractivity contribution in [3.8, 4) is 11.5 Å². The summed E-state index contributed by atoms with van der Waals surface area (Å²) < 4.78 is 5.64. The topological polar surface area (TPSA) is 65.7 Å². The van der Waals surface area contributed by atoms with Crippen LogP contribution in [-0.2, 0) is 6.54 Å². The Morgan fingerprint density at radius 1 is 1.21 bits per heavy atom. The van der Waals surface area contributed by atoms with E-state index in [2.05, 4.69) is 46.5 Å². The van der Waals surface area contributed by atoms with Crippen LogP contribution in [0.1, 0.15) is 37.4 Å². The van der Waals surface area contributed by atoms with Crippen LogP contribution in [0.2, 0.25) is 0 Å². The summed E-state index contributed by atoms with van der Waals surface area (Å²) >= 11 is 0. The zero-order valence-electron chi connectivity index (χ0n) is 16.9. The number of oxazole rings is 1. The summed E-state index contributed by atoms with van der Waals surface area (Å²) in [5, 5.41) is 6.85. The third-order valence-corrected chi connectivity index (χ3v) is 5.53. The van der Waals surface area contributed by atoms with E-state index in [9.17, 15) is 0 Å². The highest BCUT2D eigenvalue weighted by atomic mass is 16.3. The number of nitrogens with zero attached hydrogens (tertiary/aromatic N) is 3. The van der Waals surface area contributed by atoms with Gasteiger partial charge < -0.3 is 20.0 Å². The Kier molecular flexibility index (Phi) is 5.95. The van der Waals surface area contributed by atoms with Crippen molar-refractivity contribution >= 4 is 5.96 Å². The highest BCUT2D eigenvalue weighted by Crippen LogP contribution is 2.31. The number of aliphatic imine (C=N–C) groups is 1. The van der Waals surface area contributed by atoms with Gasteiger partial charge in [-0.15, -0.1) is 0 Å². The Balaban J connectivity index is 1.31. The van der Waals surface area contributed by atoms with Crippen LogP contribution in [0.3, 0.4) is 0 Å². The molecule has 0 radical (unpaired) electrons. The van der Waals surface area contributed by atoms with Gasteiger partial charge in [-0.25, -0.2) is 9.98 Å². The van der Waals surface area contributed by atoms with Gasteiger partial charge in [-0.2, -0.15) is 0 Å². The van der Waals surface area contributed by atoms with E-state index in [1.54, 1.807) is 6.26 Å². The molecule has 2 aliphatic rings. The van der Waals surface area contributed by atoms with Crippen LogP contribution in [0.25, 0.3) is 11.5 Å². The molecule has 1 aliphatic heterocycles. The normalized spacial score (nSPS) is 20.5. The molecule has 1 aliphatic carbocycles. The fourth-order valence-corrected chi connectivity index (χ4v) is 3.75. The highest BCUT2D eigenvalue weighted by Gasteiger charge is 2.34. The molecule has 1 unspecified atom stereocenters. The molecule has 2 fully saturated rings. The van der Waals surface area contributed by atoms with E-state index in [1.165, 1.54) is 37.9 Å². The predicted octanol–water partition coefficient (Wildman–Crippen LogP) is 3.19. The molecule has 28 heavy (non-hydrogen) atoms. The van der Waals surface area contributed by atoms with Gasteiger partial charge in [0.1, 0.15) is 12.0 Å². The van der Waals surface area contributed by atoms with Gasteiger partial charge >= 0.3 is 0 Å². The minimum atomic E-state index is 0.504. The first kappa shape index (κ1) is 19.0. The molecule has 0 amide bonds. The van der Waals surface area contributed by atoms with Gasteiger partial charge in [0, 0.05) is 31.2 Å². The molecule has 150 valence electrons. The monoisotopic (exact) mass is 381 g/mol. The lowest BCUT2D eigenvalue weighted by molar-refractivity contribution is 0.314. The Labute approximate surface area is 167 Å². The predicted molar refractivity (Wildman–Crippen MR) is 112 cm³/mol. The maximum Gasteiger partial charge on any atom is 0.226 e. The van der Waals surface area contributed by atoms with Gasteiger partial charge in [0.2, 0.25) is 5.89 Å². The van der Waals surface area contributed by atoms with Gasteiger partial charge in [0.05, 0.1) is 6.54 Å².